The lowest BCUT2D eigenvalue weighted by Crippen LogP contribution is -2.38. The SMILES string of the molecule is Cl.NC1CCCC(C(=O)NCCc2ccc([N+](=O)[O-])cc2)C1. The van der Waals surface area contributed by atoms with E-state index in [4.69, 9.17) is 5.73 Å². The van der Waals surface area contributed by atoms with Gasteiger partial charge in [0, 0.05) is 30.6 Å². The van der Waals surface area contributed by atoms with Crippen molar-refractivity contribution in [2.24, 2.45) is 11.7 Å². The van der Waals surface area contributed by atoms with Gasteiger partial charge in [-0.1, -0.05) is 18.6 Å². The monoisotopic (exact) mass is 327 g/mol. The van der Waals surface area contributed by atoms with Crippen LogP contribution in [0.15, 0.2) is 24.3 Å². The Bertz CT molecular complexity index is 507. The molecular formula is C15H22ClN3O3. The van der Waals surface area contributed by atoms with E-state index in [0.717, 1.165) is 31.2 Å². The quantitative estimate of drug-likeness (QED) is 0.639. The Labute approximate surface area is 136 Å². The Hall–Kier alpha value is -1.66. The predicted molar refractivity (Wildman–Crippen MR) is 87.0 cm³/mol. The summed E-state index contributed by atoms with van der Waals surface area (Å²) in [6.07, 6.45) is 4.37. The number of hydrogen-bond donors (Lipinski definition) is 2. The summed E-state index contributed by atoms with van der Waals surface area (Å²) in [6.45, 7) is 0.544. The predicted octanol–water partition coefficient (Wildman–Crippen LogP) is 2.19. The van der Waals surface area contributed by atoms with Gasteiger partial charge in [0.25, 0.3) is 5.69 Å². The van der Waals surface area contributed by atoms with Gasteiger partial charge in [0.05, 0.1) is 4.92 Å². The summed E-state index contributed by atoms with van der Waals surface area (Å²) in [5.74, 6) is 0.109. The number of benzene rings is 1. The fourth-order valence-corrected chi connectivity index (χ4v) is 2.72. The molecule has 1 aliphatic carbocycles. The van der Waals surface area contributed by atoms with E-state index in [1.165, 1.54) is 12.1 Å². The lowest BCUT2D eigenvalue weighted by Gasteiger charge is -2.25. The molecule has 1 aliphatic rings. The molecule has 0 aliphatic heterocycles. The topological polar surface area (TPSA) is 98.3 Å². The number of hydrogen-bond acceptors (Lipinski definition) is 4. The zero-order valence-corrected chi connectivity index (χ0v) is 13.2. The smallest absolute Gasteiger partial charge is 0.269 e. The maximum absolute atomic E-state index is 12.0. The number of carbonyl (C=O) groups excluding carboxylic acids is 1. The van der Waals surface area contributed by atoms with Gasteiger partial charge in [-0.25, -0.2) is 0 Å². The molecular weight excluding hydrogens is 306 g/mol. The summed E-state index contributed by atoms with van der Waals surface area (Å²) in [5, 5.41) is 13.5. The highest BCUT2D eigenvalue weighted by Crippen LogP contribution is 2.23. The van der Waals surface area contributed by atoms with Crippen molar-refractivity contribution in [2.75, 3.05) is 6.54 Å². The van der Waals surface area contributed by atoms with Gasteiger partial charge in [-0.2, -0.15) is 0 Å². The lowest BCUT2D eigenvalue weighted by molar-refractivity contribution is -0.384. The maximum atomic E-state index is 12.0. The third-order valence-electron chi connectivity index (χ3n) is 3.95. The van der Waals surface area contributed by atoms with E-state index in [1.807, 2.05) is 0 Å². The molecule has 0 heterocycles. The molecule has 2 atom stereocenters. The fraction of sp³-hybridized carbons (Fsp3) is 0.533. The first-order chi connectivity index (χ1) is 10.1. The van der Waals surface area contributed by atoms with E-state index >= 15 is 0 Å². The van der Waals surface area contributed by atoms with E-state index < -0.39 is 4.92 Å². The second kappa shape index (κ2) is 8.70. The molecule has 1 amide bonds. The fourth-order valence-electron chi connectivity index (χ4n) is 2.72. The Morgan fingerprint density at radius 2 is 2.00 bits per heavy atom. The van der Waals surface area contributed by atoms with Crippen molar-refractivity contribution in [3.05, 3.63) is 39.9 Å². The van der Waals surface area contributed by atoms with Crippen LogP contribution in [0, 0.1) is 16.0 Å². The summed E-state index contributed by atoms with van der Waals surface area (Å²) in [5.41, 5.74) is 6.94. The normalized spacial score (nSPS) is 20.8. The standard InChI is InChI=1S/C15H21N3O3.ClH/c16-13-3-1-2-12(10-13)15(19)17-9-8-11-4-6-14(7-5-11)18(20)21;/h4-7,12-13H,1-3,8-10,16H2,(H,17,19);1H. The van der Waals surface area contributed by atoms with Gasteiger partial charge in [-0.05, 0) is 31.2 Å². The lowest BCUT2D eigenvalue weighted by atomic mass is 9.85. The number of rotatable bonds is 5. The Balaban J connectivity index is 0.00000242. The van der Waals surface area contributed by atoms with Crippen molar-refractivity contribution in [1.29, 1.82) is 0 Å². The van der Waals surface area contributed by atoms with Crippen molar-refractivity contribution in [2.45, 2.75) is 38.1 Å². The molecule has 0 spiro atoms. The van der Waals surface area contributed by atoms with Crippen LogP contribution in [0.1, 0.15) is 31.2 Å². The van der Waals surface area contributed by atoms with Crippen molar-refractivity contribution in [3.63, 3.8) is 0 Å². The second-order valence-corrected chi connectivity index (χ2v) is 5.59. The van der Waals surface area contributed by atoms with E-state index in [0.29, 0.717) is 13.0 Å². The van der Waals surface area contributed by atoms with Gasteiger partial charge in [0.2, 0.25) is 5.91 Å². The van der Waals surface area contributed by atoms with Crippen molar-refractivity contribution >= 4 is 24.0 Å². The molecule has 22 heavy (non-hydrogen) atoms. The number of carbonyl (C=O) groups is 1. The minimum absolute atomic E-state index is 0. The van der Waals surface area contributed by atoms with Crippen LogP contribution in [0.2, 0.25) is 0 Å². The average Bonchev–Trinajstić information content (AvgIpc) is 2.47. The van der Waals surface area contributed by atoms with Crippen LogP contribution >= 0.6 is 12.4 Å². The molecule has 1 saturated carbocycles. The zero-order valence-electron chi connectivity index (χ0n) is 12.4. The Morgan fingerprint density at radius 3 is 2.59 bits per heavy atom. The van der Waals surface area contributed by atoms with Crippen molar-refractivity contribution in [3.8, 4) is 0 Å². The highest BCUT2D eigenvalue weighted by Gasteiger charge is 2.24. The van der Waals surface area contributed by atoms with Gasteiger partial charge in [0.1, 0.15) is 0 Å². The Morgan fingerprint density at radius 1 is 1.32 bits per heavy atom. The van der Waals surface area contributed by atoms with Crippen LogP contribution in [-0.4, -0.2) is 23.4 Å². The Kier molecular flexibility index (Phi) is 7.27. The number of halogens is 1. The summed E-state index contributed by atoms with van der Waals surface area (Å²) in [4.78, 5) is 22.2. The summed E-state index contributed by atoms with van der Waals surface area (Å²) < 4.78 is 0. The van der Waals surface area contributed by atoms with Gasteiger partial charge in [0.15, 0.2) is 0 Å². The van der Waals surface area contributed by atoms with Gasteiger partial charge in [-0.3, -0.25) is 14.9 Å². The van der Waals surface area contributed by atoms with Crippen LogP contribution in [-0.2, 0) is 11.2 Å². The van der Waals surface area contributed by atoms with Crippen molar-refractivity contribution in [1.82, 2.24) is 5.32 Å². The number of nitro groups is 1. The molecule has 1 aromatic carbocycles. The van der Waals surface area contributed by atoms with E-state index in [-0.39, 0.29) is 36.0 Å². The van der Waals surface area contributed by atoms with Crippen molar-refractivity contribution < 1.29 is 9.72 Å². The number of non-ortho nitro benzene ring substituents is 1. The summed E-state index contributed by atoms with van der Waals surface area (Å²) in [6, 6.07) is 6.56. The van der Waals surface area contributed by atoms with Gasteiger partial charge < -0.3 is 11.1 Å². The molecule has 0 aromatic heterocycles. The molecule has 7 heteroatoms. The maximum Gasteiger partial charge on any atom is 0.269 e. The number of nitrogens with one attached hydrogen (secondary N) is 1. The highest BCUT2D eigenvalue weighted by atomic mass is 35.5. The third kappa shape index (κ3) is 5.27. The highest BCUT2D eigenvalue weighted by molar-refractivity contribution is 5.85. The molecule has 3 N–H and O–H groups in total. The van der Waals surface area contributed by atoms with E-state index in [9.17, 15) is 14.9 Å². The number of nitro benzene ring substituents is 1. The molecule has 2 rings (SSSR count). The zero-order chi connectivity index (χ0) is 15.2. The molecule has 0 saturated heterocycles. The van der Waals surface area contributed by atoms with Gasteiger partial charge >= 0.3 is 0 Å². The van der Waals surface area contributed by atoms with Crippen LogP contribution in [0.5, 0.6) is 0 Å². The average molecular weight is 328 g/mol. The molecule has 1 fully saturated rings. The van der Waals surface area contributed by atoms with Crippen LogP contribution in [0.4, 0.5) is 5.69 Å². The van der Waals surface area contributed by atoms with E-state index in [1.54, 1.807) is 12.1 Å². The molecule has 0 radical (unpaired) electrons. The van der Waals surface area contributed by atoms with E-state index in [2.05, 4.69) is 5.32 Å². The molecule has 1 aromatic rings. The molecule has 122 valence electrons. The summed E-state index contributed by atoms with van der Waals surface area (Å²) >= 11 is 0. The first kappa shape index (κ1) is 18.4. The third-order valence-corrected chi connectivity index (χ3v) is 3.95. The first-order valence-electron chi connectivity index (χ1n) is 7.33. The second-order valence-electron chi connectivity index (χ2n) is 5.59. The number of nitrogens with two attached hydrogens (primary N) is 1. The largest absolute Gasteiger partial charge is 0.356 e. The molecule has 0 bridgehead atoms. The number of nitrogens with zero attached hydrogens (tertiary/aromatic N) is 1. The molecule has 2 unspecified atom stereocenters. The minimum Gasteiger partial charge on any atom is -0.356 e. The van der Waals surface area contributed by atoms with Crippen LogP contribution < -0.4 is 11.1 Å². The van der Waals surface area contributed by atoms with Gasteiger partial charge in [-0.15, -0.1) is 12.4 Å². The summed E-state index contributed by atoms with van der Waals surface area (Å²) in [7, 11) is 0. The first-order valence-corrected chi connectivity index (χ1v) is 7.33. The number of amides is 1. The van der Waals surface area contributed by atoms with Crippen LogP contribution in [0.25, 0.3) is 0 Å². The van der Waals surface area contributed by atoms with Crippen LogP contribution in [0.3, 0.4) is 0 Å². The molecule has 6 nitrogen and oxygen atoms in total. The minimum atomic E-state index is -0.419.